The maximum absolute atomic E-state index is 13.7. The zero-order chi connectivity index (χ0) is 20.2. The summed E-state index contributed by atoms with van der Waals surface area (Å²) in [7, 11) is 1.61. The van der Waals surface area contributed by atoms with Gasteiger partial charge < -0.3 is 9.64 Å². The van der Waals surface area contributed by atoms with Gasteiger partial charge in [-0.2, -0.15) is 5.10 Å². The molecule has 1 amide bonds. The van der Waals surface area contributed by atoms with Gasteiger partial charge in [0.05, 0.1) is 20.2 Å². The molecule has 1 aliphatic rings. The van der Waals surface area contributed by atoms with Gasteiger partial charge in [0.2, 0.25) is 5.91 Å². The molecule has 1 aliphatic heterocycles. The number of methoxy groups -OCH3 is 1. The monoisotopic (exact) mass is 394 g/mol. The van der Waals surface area contributed by atoms with Crippen molar-refractivity contribution in [2.45, 2.75) is 12.3 Å². The van der Waals surface area contributed by atoms with E-state index in [-0.39, 0.29) is 24.2 Å². The predicted octanol–water partition coefficient (Wildman–Crippen LogP) is 3.23. The normalized spacial score (nSPS) is 18.8. The number of hydrogen-bond acceptors (Lipinski definition) is 4. The molecule has 29 heavy (non-hydrogen) atoms. The number of carbonyl (C=O) groups excluding carboxylic acids is 1. The fourth-order valence-electron chi connectivity index (χ4n) is 3.73. The van der Waals surface area contributed by atoms with Crippen LogP contribution in [0.15, 0.2) is 54.6 Å². The maximum atomic E-state index is 13.7. The van der Waals surface area contributed by atoms with Gasteiger partial charge in [0, 0.05) is 30.5 Å². The first kappa shape index (κ1) is 19.1. The van der Waals surface area contributed by atoms with Crippen molar-refractivity contribution in [2.24, 2.45) is 5.92 Å². The van der Waals surface area contributed by atoms with Crippen LogP contribution in [-0.2, 0) is 11.2 Å². The van der Waals surface area contributed by atoms with Gasteiger partial charge in [-0.15, -0.1) is 0 Å². The molecule has 0 aliphatic carbocycles. The summed E-state index contributed by atoms with van der Waals surface area (Å²) < 4.78 is 18.8. The molecule has 2 heterocycles. The maximum Gasteiger partial charge on any atom is 0.227 e. The van der Waals surface area contributed by atoms with E-state index in [1.54, 1.807) is 12.0 Å². The number of aromatic amines is 1. The molecule has 4 rings (SSSR count). The van der Waals surface area contributed by atoms with Crippen molar-refractivity contribution < 1.29 is 13.9 Å². The number of halogens is 1. The number of rotatable bonds is 6. The number of hydrogen-bond donors (Lipinski definition) is 1. The van der Waals surface area contributed by atoms with Crippen molar-refractivity contribution in [1.29, 1.82) is 0 Å². The molecule has 0 bridgehead atoms. The number of likely N-dealkylation sites (tertiary alicyclic amines) is 1. The summed E-state index contributed by atoms with van der Waals surface area (Å²) >= 11 is 0. The Bertz CT molecular complexity index is 958. The summed E-state index contributed by atoms with van der Waals surface area (Å²) in [5, 5.41) is 7.23. The van der Waals surface area contributed by atoms with E-state index < -0.39 is 6.67 Å². The summed E-state index contributed by atoms with van der Waals surface area (Å²) in [5.41, 5.74) is 1.80. The smallest absolute Gasteiger partial charge is 0.227 e. The lowest BCUT2D eigenvalue weighted by Crippen LogP contribution is -2.30. The Morgan fingerprint density at radius 3 is 2.62 bits per heavy atom. The number of ether oxygens (including phenoxy) is 1. The molecular weight excluding hydrogens is 371 g/mol. The van der Waals surface area contributed by atoms with Gasteiger partial charge >= 0.3 is 0 Å². The average molecular weight is 394 g/mol. The van der Waals surface area contributed by atoms with Crippen LogP contribution in [-0.4, -0.2) is 52.9 Å². The molecule has 1 saturated heterocycles. The highest BCUT2D eigenvalue weighted by Crippen LogP contribution is 2.32. The summed E-state index contributed by atoms with van der Waals surface area (Å²) in [6.07, 6.45) is 0.279. The Balaban J connectivity index is 1.45. The number of H-pyrrole nitrogens is 1. The molecule has 2 aromatic carbocycles. The number of carbonyl (C=O) groups is 1. The molecule has 1 fully saturated rings. The van der Waals surface area contributed by atoms with E-state index in [9.17, 15) is 9.18 Å². The van der Waals surface area contributed by atoms with Crippen LogP contribution < -0.4 is 4.74 Å². The zero-order valence-corrected chi connectivity index (χ0v) is 16.2. The van der Waals surface area contributed by atoms with Crippen LogP contribution in [0.3, 0.4) is 0 Å². The fraction of sp³-hybridized carbons (Fsp3) is 0.318. The van der Waals surface area contributed by atoms with Gasteiger partial charge in [-0.3, -0.25) is 14.3 Å². The van der Waals surface area contributed by atoms with Crippen molar-refractivity contribution >= 4 is 5.91 Å². The van der Waals surface area contributed by atoms with Gasteiger partial charge in [-0.1, -0.05) is 42.5 Å². The van der Waals surface area contributed by atoms with Gasteiger partial charge in [0.25, 0.3) is 0 Å². The summed E-state index contributed by atoms with van der Waals surface area (Å²) in [4.78, 5) is 19.1. The molecule has 0 saturated carbocycles. The first-order chi connectivity index (χ1) is 14.2. The van der Waals surface area contributed by atoms with Crippen molar-refractivity contribution in [3.8, 4) is 17.1 Å². The van der Waals surface area contributed by atoms with E-state index in [0.29, 0.717) is 24.7 Å². The lowest BCUT2D eigenvalue weighted by Gasteiger charge is -2.16. The third kappa shape index (κ3) is 4.13. The minimum Gasteiger partial charge on any atom is -0.497 e. The highest BCUT2D eigenvalue weighted by molar-refractivity contribution is 5.79. The number of alkyl halides is 1. The van der Waals surface area contributed by atoms with Crippen molar-refractivity contribution in [3.63, 3.8) is 0 Å². The minimum absolute atomic E-state index is 0.0149. The Kier molecular flexibility index (Phi) is 5.55. The van der Waals surface area contributed by atoms with Crippen LogP contribution in [0.25, 0.3) is 11.4 Å². The number of aromatic nitrogens is 3. The summed E-state index contributed by atoms with van der Waals surface area (Å²) in [5.74, 6) is 1.47. The van der Waals surface area contributed by atoms with Gasteiger partial charge in [0.1, 0.15) is 11.6 Å². The molecule has 1 aromatic heterocycles. The number of benzene rings is 2. The van der Waals surface area contributed by atoms with Crippen LogP contribution in [0.2, 0.25) is 0 Å². The molecular formula is C22H23FN4O2. The van der Waals surface area contributed by atoms with E-state index >= 15 is 0 Å². The van der Waals surface area contributed by atoms with E-state index in [4.69, 9.17) is 4.74 Å². The molecule has 1 N–H and O–H groups in total. The molecule has 6 nitrogen and oxygen atoms in total. The Labute approximate surface area is 168 Å². The fourth-order valence-corrected chi connectivity index (χ4v) is 3.73. The Morgan fingerprint density at radius 1 is 1.17 bits per heavy atom. The Morgan fingerprint density at radius 2 is 1.93 bits per heavy atom. The SMILES string of the molecule is COc1ccc(CC(=O)N2C[C@@H](CF)[C@H](c3nc(-c4ccccc4)n[nH]3)C2)cc1. The van der Waals surface area contributed by atoms with E-state index in [1.165, 1.54) is 0 Å². The van der Waals surface area contributed by atoms with Gasteiger partial charge in [-0.25, -0.2) is 4.98 Å². The molecule has 150 valence electrons. The zero-order valence-electron chi connectivity index (χ0n) is 16.2. The van der Waals surface area contributed by atoms with Crippen LogP contribution in [0.4, 0.5) is 4.39 Å². The van der Waals surface area contributed by atoms with Gasteiger partial charge in [0.15, 0.2) is 5.82 Å². The highest BCUT2D eigenvalue weighted by atomic mass is 19.1. The molecule has 0 spiro atoms. The summed E-state index contributed by atoms with van der Waals surface area (Å²) in [6, 6.07) is 17.0. The first-order valence-electron chi connectivity index (χ1n) is 9.62. The van der Waals surface area contributed by atoms with Crippen molar-refractivity contribution in [1.82, 2.24) is 20.1 Å². The van der Waals surface area contributed by atoms with Crippen LogP contribution in [0, 0.1) is 5.92 Å². The quantitative estimate of drug-likeness (QED) is 0.697. The molecule has 2 atom stereocenters. The lowest BCUT2D eigenvalue weighted by molar-refractivity contribution is -0.129. The number of amides is 1. The molecule has 7 heteroatoms. The lowest BCUT2D eigenvalue weighted by atomic mass is 9.97. The standard InChI is InChI=1S/C22H23FN4O2/c1-29-18-9-7-15(8-10-18)11-20(28)27-13-17(12-23)19(14-27)22-24-21(25-26-22)16-5-3-2-4-6-16/h2-10,17,19H,11-14H2,1H3,(H,24,25,26)/t17-,19-/m1/s1. The predicted molar refractivity (Wildman–Crippen MR) is 107 cm³/mol. The van der Waals surface area contributed by atoms with E-state index in [1.807, 2.05) is 54.6 Å². The topological polar surface area (TPSA) is 71.1 Å². The number of nitrogens with one attached hydrogen (secondary N) is 1. The second-order valence-electron chi connectivity index (χ2n) is 7.25. The van der Waals surface area contributed by atoms with Gasteiger partial charge in [-0.05, 0) is 17.7 Å². The number of nitrogens with zero attached hydrogens (tertiary/aromatic N) is 3. The van der Waals surface area contributed by atoms with Crippen LogP contribution >= 0.6 is 0 Å². The van der Waals surface area contributed by atoms with E-state index in [2.05, 4.69) is 15.2 Å². The first-order valence-corrected chi connectivity index (χ1v) is 9.62. The van der Waals surface area contributed by atoms with Crippen molar-refractivity contribution in [3.05, 3.63) is 66.0 Å². The highest BCUT2D eigenvalue weighted by Gasteiger charge is 2.38. The van der Waals surface area contributed by atoms with Crippen LogP contribution in [0.5, 0.6) is 5.75 Å². The third-order valence-corrected chi connectivity index (χ3v) is 5.39. The molecule has 0 unspecified atom stereocenters. The minimum atomic E-state index is -0.502. The van der Waals surface area contributed by atoms with E-state index in [0.717, 1.165) is 16.9 Å². The second-order valence-corrected chi connectivity index (χ2v) is 7.25. The van der Waals surface area contributed by atoms with Crippen LogP contribution in [0.1, 0.15) is 17.3 Å². The second kappa shape index (κ2) is 8.43. The van der Waals surface area contributed by atoms with Crippen molar-refractivity contribution in [2.75, 3.05) is 26.9 Å². The average Bonchev–Trinajstić information content (AvgIpc) is 3.42. The molecule has 0 radical (unpaired) electrons. The molecule has 3 aromatic rings. The third-order valence-electron chi connectivity index (χ3n) is 5.39. The largest absolute Gasteiger partial charge is 0.497 e. The Hall–Kier alpha value is -3.22. The summed E-state index contributed by atoms with van der Waals surface area (Å²) in [6.45, 7) is 0.322.